The molecule has 0 fully saturated rings. The molecule has 0 saturated carbocycles. The monoisotopic (exact) mass is 304 g/mol. The van der Waals surface area contributed by atoms with Gasteiger partial charge >= 0.3 is 0 Å². The summed E-state index contributed by atoms with van der Waals surface area (Å²) in [5.74, 6) is -0.0203. The molecule has 0 aliphatic heterocycles. The van der Waals surface area contributed by atoms with Crippen LogP contribution in [0.15, 0.2) is 22.7 Å². The van der Waals surface area contributed by atoms with E-state index in [2.05, 4.69) is 26.6 Å². The summed E-state index contributed by atoms with van der Waals surface area (Å²) < 4.78 is 0.862. The minimum Gasteiger partial charge on any atom is -0.358 e. The average molecular weight is 306 g/mol. The number of likely N-dealkylation sites (N-methyl/N-ethyl adjacent to an activating group) is 1. The third-order valence-electron chi connectivity index (χ3n) is 2.24. The van der Waals surface area contributed by atoms with Crippen LogP contribution in [0, 0.1) is 0 Å². The van der Waals surface area contributed by atoms with E-state index in [1.54, 1.807) is 7.05 Å². The van der Waals surface area contributed by atoms with Gasteiger partial charge in [0.05, 0.1) is 11.1 Å². The van der Waals surface area contributed by atoms with Crippen molar-refractivity contribution in [1.29, 1.82) is 0 Å². The molecule has 1 aromatic carbocycles. The van der Waals surface area contributed by atoms with E-state index in [1.165, 1.54) is 0 Å². The standard InChI is InChI=1S/C11H14BrClN2O/c1-7(11(16)14-2)15-6-8-3-4-10(13)9(12)5-8/h3-5,7,15H,6H2,1-2H3,(H,14,16)/t7-/m1/s1. The van der Waals surface area contributed by atoms with Gasteiger partial charge in [0.25, 0.3) is 0 Å². The van der Waals surface area contributed by atoms with Gasteiger partial charge in [-0.05, 0) is 40.5 Å². The average Bonchev–Trinajstić information content (AvgIpc) is 2.29. The Balaban J connectivity index is 2.55. The first-order valence-electron chi connectivity index (χ1n) is 4.93. The molecule has 0 unspecified atom stereocenters. The van der Waals surface area contributed by atoms with Crippen molar-refractivity contribution >= 4 is 33.4 Å². The van der Waals surface area contributed by atoms with E-state index in [-0.39, 0.29) is 11.9 Å². The molecule has 1 atom stereocenters. The van der Waals surface area contributed by atoms with Crippen molar-refractivity contribution in [3.05, 3.63) is 33.3 Å². The molecule has 0 radical (unpaired) electrons. The molecule has 3 nitrogen and oxygen atoms in total. The maximum absolute atomic E-state index is 11.3. The topological polar surface area (TPSA) is 41.1 Å². The molecule has 0 aliphatic rings. The van der Waals surface area contributed by atoms with Crippen LogP contribution in [0.25, 0.3) is 0 Å². The lowest BCUT2D eigenvalue weighted by atomic mass is 10.2. The Labute approximate surface area is 109 Å². The number of carbonyl (C=O) groups is 1. The molecule has 1 aromatic rings. The third kappa shape index (κ3) is 3.77. The van der Waals surface area contributed by atoms with Crippen molar-refractivity contribution in [2.45, 2.75) is 19.5 Å². The zero-order chi connectivity index (χ0) is 12.1. The fourth-order valence-electron chi connectivity index (χ4n) is 1.23. The molecule has 0 heterocycles. The van der Waals surface area contributed by atoms with E-state index >= 15 is 0 Å². The van der Waals surface area contributed by atoms with Gasteiger partial charge in [0.2, 0.25) is 5.91 Å². The molecule has 88 valence electrons. The van der Waals surface area contributed by atoms with Gasteiger partial charge in [-0.3, -0.25) is 4.79 Å². The molecule has 2 N–H and O–H groups in total. The van der Waals surface area contributed by atoms with E-state index in [9.17, 15) is 4.79 Å². The highest BCUT2D eigenvalue weighted by atomic mass is 79.9. The van der Waals surface area contributed by atoms with Crippen LogP contribution in [0.3, 0.4) is 0 Å². The van der Waals surface area contributed by atoms with Gasteiger partial charge in [-0.25, -0.2) is 0 Å². The molecule has 16 heavy (non-hydrogen) atoms. The first kappa shape index (κ1) is 13.5. The molecule has 1 amide bonds. The van der Waals surface area contributed by atoms with Crippen molar-refractivity contribution in [2.24, 2.45) is 0 Å². The van der Waals surface area contributed by atoms with Gasteiger partial charge < -0.3 is 10.6 Å². The van der Waals surface area contributed by atoms with Gasteiger partial charge in [0.1, 0.15) is 0 Å². The van der Waals surface area contributed by atoms with Crippen LogP contribution in [0.2, 0.25) is 5.02 Å². The Kier molecular flexibility index (Phi) is 5.25. The normalized spacial score (nSPS) is 12.2. The van der Waals surface area contributed by atoms with Crippen molar-refractivity contribution < 1.29 is 4.79 Å². The largest absolute Gasteiger partial charge is 0.358 e. The van der Waals surface area contributed by atoms with E-state index in [1.807, 2.05) is 25.1 Å². The lowest BCUT2D eigenvalue weighted by Gasteiger charge is -2.12. The first-order chi connectivity index (χ1) is 7.54. The molecule has 1 rings (SSSR count). The van der Waals surface area contributed by atoms with Gasteiger partial charge in [0, 0.05) is 18.1 Å². The second-order valence-electron chi connectivity index (χ2n) is 3.47. The van der Waals surface area contributed by atoms with Crippen molar-refractivity contribution in [3.63, 3.8) is 0 Å². The van der Waals surface area contributed by atoms with Crippen molar-refractivity contribution in [1.82, 2.24) is 10.6 Å². The SMILES string of the molecule is CNC(=O)[C@@H](C)NCc1ccc(Cl)c(Br)c1. The van der Waals surface area contributed by atoms with Crippen molar-refractivity contribution in [3.8, 4) is 0 Å². The number of carbonyl (C=O) groups excluding carboxylic acids is 1. The highest BCUT2D eigenvalue weighted by Crippen LogP contribution is 2.23. The Morgan fingerprint density at radius 1 is 1.56 bits per heavy atom. The molecule has 0 aromatic heterocycles. The molecular weight excluding hydrogens is 291 g/mol. The summed E-state index contributed by atoms with van der Waals surface area (Å²) in [6, 6.07) is 5.48. The maximum atomic E-state index is 11.3. The summed E-state index contributed by atoms with van der Waals surface area (Å²) in [4.78, 5) is 11.3. The van der Waals surface area contributed by atoms with Crippen LogP contribution in [0.5, 0.6) is 0 Å². The summed E-state index contributed by atoms with van der Waals surface area (Å²) in [6.07, 6.45) is 0. The highest BCUT2D eigenvalue weighted by Gasteiger charge is 2.09. The number of benzene rings is 1. The van der Waals surface area contributed by atoms with Gasteiger partial charge in [0.15, 0.2) is 0 Å². The quantitative estimate of drug-likeness (QED) is 0.896. The fourth-order valence-corrected chi connectivity index (χ4v) is 1.77. The van der Waals surface area contributed by atoms with Gasteiger partial charge in [-0.1, -0.05) is 17.7 Å². The smallest absolute Gasteiger partial charge is 0.236 e. The maximum Gasteiger partial charge on any atom is 0.236 e. The van der Waals surface area contributed by atoms with Crippen LogP contribution in [0.4, 0.5) is 0 Å². The predicted molar refractivity (Wildman–Crippen MR) is 69.5 cm³/mol. The summed E-state index contributed by atoms with van der Waals surface area (Å²) in [5, 5.41) is 6.39. The number of nitrogens with one attached hydrogen (secondary N) is 2. The van der Waals surface area contributed by atoms with E-state index in [4.69, 9.17) is 11.6 Å². The molecule has 5 heteroatoms. The predicted octanol–water partition coefficient (Wildman–Crippen LogP) is 2.33. The third-order valence-corrected chi connectivity index (χ3v) is 3.45. The lowest BCUT2D eigenvalue weighted by Crippen LogP contribution is -2.40. The van der Waals surface area contributed by atoms with Crippen LogP contribution in [0.1, 0.15) is 12.5 Å². The highest BCUT2D eigenvalue weighted by molar-refractivity contribution is 9.10. The summed E-state index contributed by atoms with van der Waals surface area (Å²) in [6.45, 7) is 2.45. The van der Waals surface area contributed by atoms with Crippen LogP contribution < -0.4 is 10.6 Å². The molecule has 0 saturated heterocycles. The summed E-state index contributed by atoms with van der Waals surface area (Å²) in [5.41, 5.74) is 1.08. The molecule has 0 aliphatic carbocycles. The van der Waals surface area contributed by atoms with Crippen LogP contribution in [-0.2, 0) is 11.3 Å². The Morgan fingerprint density at radius 2 is 2.25 bits per heavy atom. The number of halogens is 2. The van der Waals surface area contributed by atoms with Crippen LogP contribution in [-0.4, -0.2) is 19.0 Å². The summed E-state index contributed by atoms with van der Waals surface area (Å²) >= 11 is 9.24. The first-order valence-corrected chi connectivity index (χ1v) is 6.10. The molecular formula is C11H14BrClN2O. The number of rotatable bonds is 4. The zero-order valence-corrected chi connectivity index (χ0v) is 11.5. The second kappa shape index (κ2) is 6.23. The Hall–Kier alpha value is -0.580. The minimum atomic E-state index is -0.209. The van der Waals surface area contributed by atoms with Gasteiger partial charge in [-0.15, -0.1) is 0 Å². The number of amides is 1. The lowest BCUT2D eigenvalue weighted by molar-refractivity contribution is -0.122. The number of hydrogen-bond donors (Lipinski definition) is 2. The van der Waals surface area contributed by atoms with Gasteiger partial charge in [-0.2, -0.15) is 0 Å². The van der Waals surface area contributed by atoms with Crippen molar-refractivity contribution in [2.75, 3.05) is 7.05 Å². The summed E-state index contributed by atoms with van der Waals surface area (Å²) in [7, 11) is 1.62. The second-order valence-corrected chi connectivity index (χ2v) is 4.73. The van der Waals surface area contributed by atoms with Crippen LogP contribution >= 0.6 is 27.5 Å². The Bertz CT molecular complexity index is 384. The fraction of sp³-hybridized carbons (Fsp3) is 0.364. The Morgan fingerprint density at radius 3 is 2.81 bits per heavy atom. The van der Waals surface area contributed by atoms with E-state index in [0.29, 0.717) is 11.6 Å². The zero-order valence-electron chi connectivity index (χ0n) is 9.18. The number of hydrogen-bond acceptors (Lipinski definition) is 2. The minimum absolute atomic E-state index is 0.0203. The van der Waals surface area contributed by atoms with E-state index < -0.39 is 0 Å². The molecule has 0 spiro atoms. The molecule has 0 bridgehead atoms. The van der Waals surface area contributed by atoms with E-state index in [0.717, 1.165) is 10.0 Å².